The number of nitrogens with one attached hydrogen (secondary N) is 1. The average molecular weight is 350 g/mol. The van der Waals surface area contributed by atoms with Crippen LogP contribution >= 0.6 is 0 Å². The Morgan fingerprint density at radius 1 is 1.27 bits per heavy atom. The molecule has 26 heavy (non-hydrogen) atoms. The summed E-state index contributed by atoms with van der Waals surface area (Å²) in [5.41, 5.74) is 2.34. The maximum atomic E-state index is 12.1. The van der Waals surface area contributed by atoms with Gasteiger partial charge in [-0.1, -0.05) is 12.1 Å². The van der Waals surface area contributed by atoms with Crippen molar-refractivity contribution in [2.75, 3.05) is 25.6 Å². The second-order valence-corrected chi connectivity index (χ2v) is 5.60. The van der Waals surface area contributed by atoms with Crippen LogP contribution in [0.1, 0.15) is 11.1 Å². The zero-order chi connectivity index (χ0) is 18.4. The molecule has 3 rings (SSSR count). The van der Waals surface area contributed by atoms with Crippen LogP contribution in [-0.2, 0) is 11.2 Å². The monoisotopic (exact) mass is 350 g/mol. The van der Waals surface area contributed by atoms with Crippen LogP contribution in [0.4, 0.5) is 5.69 Å². The van der Waals surface area contributed by atoms with Crippen molar-refractivity contribution in [1.29, 1.82) is 5.26 Å². The number of nitrogens with zero attached hydrogens (tertiary/aromatic N) is 1. The Balaban J connectivity index is 1.69. The number of carbonyl (C=O) groups is 1. The van der Waals surface area contributed by atoms with E-state index in [1.807, 2.05) is 12.1 Å². The number of hydrogen-bond acceptors (Lipinski definition) is 5. The molecule has 0 aliphatic carbocycles. The molecule has 132 valence electrons. The summed E-state index contributed by atoms with van der Waals surface area (Å²) in [6, 6.07) is 12.8. The number of hydrogen-bond donors (Lipinski definition) is 1. The van der Waals surface area contributed by atoms with Gasteiger partial charge in [0, 0.05) is 11.8 Å². The van der Waals surface area contributed by atoms with Crippen molar-refractivity contribution >= 4 is 17.7 Å². The molecular weight excluding hydrogens is 332 g/mol. The molecular formula is C20H18N2O4. The van der Waals surface area contributed by atoms with Crippen LogP contribution in [0.15, 0.2) is 42.5 Å². The van der Waals surface area contributed by atoms with Crippen LogP contribution in [-0.4, -0.2) is 26.2 Å². The Morgan fingerprint density at radius 2 is 2.04 bits per heavy atom. The molecule has 0 atom stereocenters. The van der Waals surface area contributed by atoms with Gasteiger partial charge in [-0.3, -0.25) is 4.79 Å². The molecule has 0 unspecified atom stereocenters. The van der Waals surface area contributed by atoms with Crippen molar-refractivity contribution in [3.05, 3.63) is 53.6 Å². The summed E-state index contributed by atoms with van der Waals surface area (Å²) < 4.78 is 16.5. The second kappa shape index (κ2) is 8.08. The van der Waals surface area contributed by atoms with Gasteiger partial charge in [0.05, 0.1) is 19.6 Å². The fraction of sp³-hybridized carbons (Fsp3) is 0.200. The molecule has 0 aromatic heterocycles. The lowest BCUT2D eigenvalue weighted by Gasteiger charge is -2.20. The minimum Gasteiger partial charge on any atom is -0.493 e. The zero-order valence-corrected chi connectivity index (χ0v) is 14.3. The Bertz CT molecular complexity index is 849. The molecule has 0 saturated heterocycles. The minimum atomic E-state index is -0.258. The van der Waals surface area contributed by atoms with Crippen LogP contribution < -0.4 is 19.5 Å². The van der Waals surface area contributed by atoms with E-state index in [0.29, 0.717) is 42.6 Å². The predicted molar refractivity (Wildman–Crippen MR) is 97.4 cm³/mol. The highest BCUT2D eigenvalue weighted by atomic mass is 16.6. The molecule has 1 heterocycles. The molecule has 0 fully saturated rings. The highest BCUT2D eigenvalue weighted by Gasteiger charge is 2.17. The Morgan fingerprint density at radius 3 is 2.77 bits per heavy atom. The van der Waals surface area contributed by atoms with Crippen LogP contribution in [0.5, 0.6) is 17.2 Å². The topological polar surface area (TPSA) is 80.6 Å². The molecule has 1 amide bonds. The second-order valence-electron chi connectivity index (χ2n) is 5.60. The van der Waals surface area contributed by atoms with Gasteiger partial charge in [0.15, 0.2) is 11.5 Å². The summed E-state index contributed by atoms with van der Waals surface area (Å²) in [6.45, 7) is 0.958. The number of carbonyl (C=O) groups excluding carboxylic acids is 1. The third kappa shape index (κ3) is 4.14. The lowest BCUT2D eigenvalue weighted by molar-refractivity contribution is -0.111. The van der Waals surface area contributed by atoms with Gasteiger partial charge in [0.2, 0.25) is 11.7 Å². The number of anilines is 1. The van der Waals surface area contributed by atoms with Crippen LogP contribution in [0.3, 0.4) is 0 Å². The zero-order valence-electron chi connectivity index (χ0n) is 14.3. The predicted octanol–water partition coefficient (Wildman–Crippen LogP) is 3.18. The Kier molecular flexibility index (Phi) is 5.40. The molecule has 1 N–H and O–H groups in total. The van der Waals surface area contributed by atoms with Gasteiger partial charge in [0.25, 0.3) is 0 Å². The summed E-state index contributed by atoms with van der Waals surface area (Å²) in [6.07, 6.45) is 3.47. The number of rotatable bonds is 5. The molecule has 0 saturated carbocycles. The van der Waals surface area contributed by atoms with E-state index in [-0.39, 0.29) is 5.91 Å². The van der Waals surface area contributed by atoms with E-state index in [4.69, 9.17) is 19.5 Å². The maximum Gasteiger partial charge on any atom is 0.248 e. The van der Waals surface area contributed by atoms with Gasteiger partial charge in [-0.25, -0.2) is 0 Å². The quantitative estimate of drug-likeness (QED) is 0.838. The summed E-state index contributed by atoms with van der Waals surface area (Å²) >= 11 is 0. The van der Waals surface area contributed by atoms with E-state index in [2.05, 4.69) is 11.4 Å². The summed E-state index contributed by atoms with van der Waals surface area (Å²) in [4.78, 5) is 12.1. The lowest BCUT2D eigenvalue weighted by atomic mass is 10.1. The molecule has 0 spiro atoms. The highest BCUT2D eigenvalue weighted by molar-refractivity contribution is 6.02. The Hall–Kier alpha value is -3.46. The van der Waals surface area contributed by atoms with Crippen molar-refractivity contribution in [3.63, 3.8) is 0 Å². The summed E-state index contributed by atoms with van der Waals surface area (Å²) in [5, 5.41) is 11.4. The van der Waals surface area contributed by atoms with Crippen LogP contribution in [0.25, 0.3) is 6.08 Å². The maximum absolute atomic E-state index is 12.1. The van der Waals surface area contributed by atoms with Crippen LogP contribution in [0.2, 0.25) is 0 Å². The first-order valence-corrected chi connectivity index (χ1v) is 8.12. The molecule has 2 aromatic rings. The lowest BCUT2D eigenvalue weighted by Crippen LogP contribution is -2.16. The first-order valence-electron chi connectivity index (χ1n) is 8.12. The Labute approximate surface area is 151 Å². The van der Waals surface area contributed by atoms with E-state index in [1.54, 1.807) is 37.5 Å². The molecule has 6 heteroatoms. The van der Waals surface area contributed by atoms with E-state index in [1.165, 1.54) is 6.08 Å². The van der Waals surface area contributed by atoms with E-state index < -0.39 is 0 Å². The number of nitriles is 1. The van der Waals surface area contributed by atoms with E-state index >= 15 is 0 Å². The summed E-state index contributed by atoms with van der Waals surface area (Å²) in [7, 11) is 1.56. The summed E-state index contributed by atoms with van der Waals surface area (Å²) in [5.74, 6) is 1.49. The van der Waals surface area contributed by atoms with Gasteiger partial charge in [0.1, 0.15) is 13.2 Å². The van der Waals surface area contributed by atoms with Crippen molar-refractivity contribution in [3.8, 4) is 23.3 Å². The molecule has 1 aliphatic rings. The number of methoxy groups -OCH3 is 1. The number of ether oxygens (including phenoxy) is 3. The van der Waals surface area contributed by atoms with E-state index in [0.717, 1.165) is 11.1 Å². The van der Waals surface area contributed by atoms with Crippen molar-refractivity contribution < 1.29 is 19.0 Å². The third-order valence-corrected chi connectivity index (χ3v) is 3.78. The number of benzene rings is 2. The fourth-order valence-corrected chi connectivity index (χ4v) is 2.54. The van der Waals surface area contributed by atoms with Crippen molar-refractivity contribution in [1.82, 2.24) is 0 Å². The molecule has 1 aliphatic heterocycles. The minimum absolute atomic E-state index is 0.258. The van der Waals surface area contributed by atoms with Crippen molar-refractivity contribution in [2.45, 2.75) is 6.42 Å². The van der Waals surface area contributed by atoms with E-state index in [9.17, 15) is 4.79 Å². The molecule has 0 bridgehead atoms. The normalized spacial score (nSPS) is 12.5. The smallest absolute Gasteiger partial charge is 0.248 e. The molecule has 6 nitrogen and oxygen atoms in total. The molecule has 2 aromatic carbocycles. The van der Waals surface area contributed by atoms with Crippen LogP contribution in [0, 0.1) is 11.3 Å². The standard InChI is InChI=1S/C20H18N2O4/c1-24-17-12-15(13-18-20(17)26-11-10-25-18)4-7-19(23)22-16-5-2-14(3-6-16)8-9-21/h2-7,12-13H,8,10-11H2,1H3,(H,22,23)/b7-4+. The van der Waals surface area contributed by atoms with Crippen molar-refractivity contribution in [2.24, 2.45) is 0 Å². The number of amides is 1. The first-order chi connectivity index (χ1) is 12.7. The van der Waals surface area contributed by atoms with Gasteiger partial charge >= 0.3 is 0 Å². The highest BCUT2D eigenvalue weighted by Crippen LogP contribution is 2.40. The van der Waals surface area contributed by atoms with Gasteiger partial charge < -0.3 is 19.5 Å². The largest absolute Gasteiger partial charge is 0.493 e. The first kappa shape index (κ1) is 17.4. The third-order valence-electron chi connectivity index (χ3n) is 3.78. The van der Waals surface area contributed by atoms with Gasteiger partial charge in [-0.2, -0.15) is 5.26 Å². The number of fused-ring (bicyclic) bond motifs is 1. The average Bonchev–Trinajstić information content (AvgIpc) is 2.67. The fourth-order valence-electron chi connectivity index (χ4n) is 2.54. The SMILES string of the molecule is COc1cc(/C=C/C(=O)Nc2ccc(CC#N)cc2)cc2c1OCCO2. The molecule has 0 radical (unpaired) electrons. The van der Waals surface area contributed by atoms with Gasteiger partial charge in [-0.15, -0.1) is 0 Å². The van der Waals surface area contributed by atoms with Gasteiger partial charge in [-0.05, 0) is 41.5 Å².